The van der Waals surface area contributed by atoms with Crippen LogP contribution in [0.25, 0.3) is 0 Å². The molecular weight excluding hydrogens is 376 g/mol. The lowest BCUT2D eigenvalue weighted by Gasteiger charge is -2.18. The molecule has 3 aromatic rings. The maximum absolute atomic E-state index is 12.8. The van der Waals surface area contributed by atoms with Crippen molar-refractivity contribution in [3.63, 3.8) is 0 Å². The molecule has 1 amide bonds. The fraction of sp³-hybridized carbons (Fsp3) is 0.200. The molecule has 0 aliphatic rings. The summed E-state index contributed by atoms with van der Waals surface area (Å²) < 4.78 is 5.46. The number of amides is 1. The van der Waals surface area contributed by atoms with Crippen LogP contribution in [0.2, 0.25) is 0 Å². The van der Waals surface area contributed by atoms with Gasteiger partial charge in [0.2, 0.25) is 0 Å². The quantitative estimate of drug-likeness (QED) is 0.531. The largest absolute Gasteiger partial charge is 0.449 e. The molecule has 1 atom stereocenters. The Morgan fingerprint density at radius 1 is 0.867 bits per heavy atom. The van der Waals surface area contributed by atoms with Crippen LogP contribution in [-0.4, -0.2) is 18.0 Å². The number of hydrogen-bond donors (Lipinski definition) is 2. The third-order valence-corrected chi connectivity index (χ3v) is 4.78. The van der Waals surface area contributed by atoms with Gasteiger partial charge in [0.05, 0.1) is 11.3 Å². The highest BCUT2D eigenvalue weighted by Gasteiger charge is 2.22. The SMILES string of the molecule is Cc1cc(C)c(NC(=O)[C@@H](C)OC(=O)c2ccccc2Nc2ccccc2)c(C)c1. The van der Waals surface area contributed by atoms with Gasteiger partial charge in [0.25, 0.3) is 5.91 Å². The predicted molar refractivity (Wildman–Crippen MR) is 120 cm³/mol. The Morgan fingerprint density at radius 2 is 1.47 bits per heavy atom. The van der Waals surface area contributed by atoms with Crippen LogP contribution in [0.4, 0.5) is 17.1 Å². The van der Waals surface area contributed by atoms with Crippen LogP contribution in [0.15, 0.2) is 66.7 Å². The Morgan fingerprint density at radius 3 is 2.13 bits per heavy atom. The monoisotopic (exact) mass is 402 g/mol. The molecule has 0 spiro atoms. The Bertz CT molecular complexity index is 1040. The summed E-state index contributed by atoms with van der Waals surface area (Å²) in [4.78, 5) is 25.4. The number of nitrogens with one attached hydrogen (secondary N) is 2. The summed E-state index contributed by atoms with van der Waals surface area (Å²) in [5.41, 5.74) is 5.65. The number of hydrogen-bond acceptors (Lipinski definition) is 4. The van der Waals surface area contributed by atoms with Crippen molar-refractivity contribution in [3.8, 4) is 0 Å². The lowest BCUT2D eigenvalue weighted by molar-refractivity contribution is -0.123. The molecule has 2 N–H and O–H groups in total. The smallest absolute Gasteiger partial charge is 0.341 e. The van der Waals surface area contributed by atoms with Crippen LogP contribution >= 0.6 is 0 Å². The predicted octanol–water partition coefficient (Wildman–Crippen LogP) is 5.54. The Hall–Kier alpha value is -3.60. The van der Waals surface area contributed by atoms with Gasteiger partial charge in [-0.25, -0.2) is 4.79 Å². The van der Waals surface area contributed by atoms with E-state index in [1.165, 1.54) is 0 Å². The maximum Gasteiger partial charge on any atom is 0.341 e. The molecule has 0 aliphatic carbocycles. The molecule has 0 saturated carbocycles. The van der Waals surface area contributed by atoms with Crippen molar-refractivity contribution >= 4 is 28.9 Å². The minimum absolute atomic E-state index is 0.365. The third kappa shape index (κ3) is 5.06. The second kappa shape index (κ2) is 9.27. The first kappa shape index (κ1) is 21.1. The van der Waals surface area contributed by atoms with E-state index >= 15 is 0 Å². The number of esters is 1. The van der Waals surface area contributed by atoms with E-state index in [-0.39, 0.29) is 5.91 Å². The van der Waals surface area contributed by atoms with Gasteiger partial charge in [0.15, 0.2) is 6.10 Å². The van der Waals surface area contributed by atoms with Crippen molar-refractivity contribution in [2.75, 3.05) is 10.6 Å². The minimum atomic E-state index is -0.942. The molecule has 0 aromatic heterocycles. The fourth-order valence-corrected chi connectivity index (χ4v) is 3.33. The van der Waals surface area contributed by atoms with E-state index in [9.17, 15) is 9.59 Å². The molecule has 5 nitrogen and oxygen atoms in total. The molecule has 3 aromatic carbocycles. The summed E-state index contributed by atoms with van der Waals surface area (Å²) in [6, 6.07) is 20.6. The van der Waals surface area contributed by atoms with E-state index in [2.05, 4.69) is 10.6 Å². The summed E-state index contributed by atoms with van der Waals surface area (Å²) in [5, 5.41) is 6.10. The number of carbonyl (C=O) groups excluding carboxylic acids is 2. The summed E-state index contributed by atoms with van der Waals surface area (Å²) in [6.45, 7) is 7.46. The highest BCUT2D eigenvalue weighted by Crippen LogP contribution is 2.24. The molecule has 154 valence electrons. The number of carbonyl (C=O) groups is 2. The molecule has 3 rings (SSSR count). The third-order valence-electron chi connectivity index (χ3n) is 4.78. The van der Waals surface area contributed by atoms with Gasteiger partial charge in [-0.05, 0) is 63.1 Å². The fourth-order valence-electron chi connectivity index (χ4n) is 3.33. The zero-order valence-electron chi connectivity index (χ0n) is 17.7. The lowest BCUT2D eigenvalue weighted by atomic mass is 10.0. The number of benzene rings is 3. The number of aryl methyl sites for hydroxylation is 3. The Labute approximate surface area is 177 Å². The lowest BCUT2D eigenvalue weighted by Crippen LogP contribution is -2.30. The van der Waals surface area contributed by atoms with Gasteiger partial charge in [-0.1, -0.05) is 48.0 Å². The highest BCUT2D eigenvalue weighted by molar-refractivity contribution is 6.00. The zero-order chi connectivity index (χ0) is 21.7. The standard InChI is InChI=1S/C25H26N2O3/c1-16-14-17(2)23(18(3)15-16)27-24(28)19(4)30-25(29)21-12-8-9-13-22(21)26-20-10-6-5-7-11-20/h5-15,19,26H,1-4H3,(H,27,28)/t19-/m1/s1. The molecule has 0 bridgehead atoms. The van der Waals surface area contributed by atoms with Crippen molar-refractivity contribution in [1.82, 2.24) is 0 Å². The molecule has 0 saturated heterocycles. The van der Waals surface area contributed by atoms with Gasteiger partial charge in [-0.15, -0.1) is 0 Å². The van der Waals surface area contributed by atoms with Gasteiger partial charge < -0.3 is 15.4 Å². The summed E-state index contributed by atoms with van der Waals surface area (Å²) in [7, 11) is 0. The molecule has 0 aliphatic heterocycles. The molecular formula is C25H26N2O3. The van der Waals surface area contributed by atoms with Crippen LogP contribution in [0.1, 0.15) is 34.0 Å². The van der Waals surface area contributed by atoms with Crippen molar-refractivity contribution in [2.24, 2.45) is 0 Å². The summed E-state index contributed by atoms with van der Waals surface area (Å²) in [5.74, 6) is -0.930. The molecule has 0 heterocycles. The second-order valence-corrected chi connectivity index (χ2v) is 7.35. The number of para-hydroxylation sites is 2. The summed E-state index contributed by atoms with van der Waals surface area (Å²) in [6.07, 6.45) is -0.942. The van der Waals surface area contributed by atoms with Crippen LogP contribution < -0.4 is 10.6 Å². The Balaban J connectivity index is 1.71. The number of ether oxygens (including phenoxy) is 1. The van der Waals surface area contributed by atoms with Crippen LogP contribution in [0.5, 0.6) is 0 Å². The second-order valence-electron chi connectivity index (χ2n) is 7.35. The number of anilines is 3. The minimum Gasteiger partial charge on any atom is -0.449 e. The van der Waals surface area contributed by atoms with E-state index in [0.717, 1.165) is 28.1 Å². The van der Waals surface area contributed by atoms with Gasteiger partial charge in [0.1, 0.15) is 0 Å². The van der Waals surface area contributed by atoms with E-state index < -0.39 is 12.1 Å². The topological polar surface area (TPSA) is 67.4 Å². The molecule has 5 heteroatoms. The van der Waals surface area contributed by atoms with Crippen LogP contribution in [0.3, 0.4) is 0 Å². The molecule has 0 unspecified atom stereocenters. The van der Waals surface area contributed by atoms with Crippen molar-refractivity contribution < 1.29 is 14.3 Å². The molecule has 30 heavy (non-hydrogen) atoms. The van der Waals surface area contributed by atoms with E-state index in [1.54, 1.807) is 25.1 Å². The number of rotatable bonds is 6. The van der Waals surface area contributed by atoms with Gasteiger partial charge in [0, 0.05) is 11.4 Å². The van der Waals surface area contributed by atoms with Crippen LogP contribution in [-0.2, 0) is 9.53 Å². The van der Waals surface area contributed by atoms with Crippen molar-refractivity contribution in [1.29, 1.82) is 0 Å². The Kier molecular flexibility index (Phi) is 6.52. The first-order valence-corrected chi connectivity index (χ1v) is 9.86. The first-order chi connectivity index (χ1) is 14.3. The maximum atomic E-state index is 12.8. The highest BCUT2D eigenvalue weighted by atomic mass is 16.5. The normalized spacial score (nSPS) is 11.5. The average molecular weight is 402 g/mol. The molecule has 0 fully saturated rings. The van der Waals surface area contributed by atoms with Crippen molar-refractivity contribution in [3.05, 3.63) is 89.0 Å². The summed E-state index contributed by atoms with van der Waals surface area (Å²) >= 11 is 0. The first-order valence-electron chi connectivity index (χ1n) is 9.86. The van der Waals surface area contributed by atoms with Crippen molar-refractivity contribution in [2.45, 2.75) is 33.8 Å². The van der Waals surface area contributed by atoms with E-state index in [1.807, 2.05) is 69.3 Å². The zero-order valence-corrected chi connectivity index (χ0v) is 17.7. The van der Waals surface area contributed by atoms with Gasteiger partial charge in [-0.3, -0.25) is 4.79 Å². The average Bonchev–Trinajstić information content (AvgIpc) is 2.71. The van der Waals surface area contributed by atoms with Gasteiger partial charge in [-0.2, -0.15) is 0 Å². The van der Waals surface area contributed by atoms with Gasteiger partial charge >= 0.3 is 5.97 Å². The van der Waals surface area contributed by atoms with Crippen LogP contribution in [0, 0.1) is 20.8 Å². The van der Waals surface area contributed by atoms with E-state index in [0.29, 0.717) is 11.3 Å². The van der Waals surface area contributed by atoms with E-state index in [4.69, 9.17) is 4.74 Å². The molecule has 0 radical (unpaired) electrons.